The predicted octanol–water partition coefficient (Wildman–Crippen LogP) is 0.608. The minimum atomic E-state index is -1.08. The number of carbonyl (C=O) groups excluding carboxylic acids is 3. The van der Waals surface area contributed by atoms with Gasteiger partial charge in [0.15, 0.2) is 0 Å². The highest BCUT2D eigenvalue weighted by Crippen LogP contribution is 2.39. The number of hydrogen-bond donors (Lipinski definition) is 1. The third kappa shape index (κ3) is 3.99. The molecular formula is C16H24N2O6S. The number of ether oxygens (including phenoxy) is 3. The van der Waals surface area contributed by atoms with E-state index >= 15 is 0 Å². The molecule has 1 amide bonds. The molecule has 2 N–H and O–H groups in total. The summed E-state index contributed by atoms with van der Waals surface area (Å²) in [6.45, 7) is 6.75. The molecule has 0 aromatic heterocycles. The van der Waals surface area contributed by atoms with Crippen molar-refractivity contribution in [3.63, 3.8) is 0 Å². The molecule has 2 unspecified atom stereocenters. The molecule has 2 rings (SSSR count). The lowest BCUT2D eigenvalue weighted by Gasteiger charge is -2.48. The van der Waals surface area contributed by atoms with Crippen LogP contribution in [-0.2, 0) is 28.6 Å². The van der Waals surface area contributed by atoms with Crippen LogP contribution in [0.2, 0.25) is 0 Å². The lowest BCUT2D eigenvalue weighted by atomic mass is 9.97. The van der Waals surface area contributed by atoms with E-state index in [0.29, 0.717) is 11.3 Å². The molecular weight excluding hydrogens is 348 g/mol. The zero-order chi connectivity index (χ0) is 18.9. The van der Waals surface area contributed by atoms with Crippen molar-refractivity contribution in [2.75, 3.05) is 19.5 Å². The quantitative estimate of drug-likeness (QED) is 0.425. The van der Waals surface area contributed by atoms with Crippen molar-refractivity contribution in [1.82, 2.24) is 4.90 Å². The molecule has 25 heavy (non-hydrogen) atoms. The SMILES string of the molecule is COCC1=C(C(=O)OC(C)OC(=O)C(C)(C)C)N2C(=O)C(N)[C@@H]2SC1. The van der Waals surface area contributed by atoms with Crippen molar-refractivity contribution >= 4 is 29.6 Å². The van der Waals surface area contributed by atoms with Gasteiger partial charge >= 0.3 is 11.9 Å². The summed E-state index contributed by atoms with van der Waals surface area (Å²) in [4.78, 5) is 37.9. The van der Waals surface area contributed by atoms with Crippen molar-refractivity contribution in [2.45, 2.75) is 45.4 Å². The Bertz CT molecular complexity index is 612. The molecule has 1 fully saturated rings. The fourth-order valence-corrected chi connectivity index (χ4v) is 3.69. The van der Waals surface area contributed by atoms with Crippen molar-refractivity contribution in [2.24, 2.45) is 11.1 Å². The maximum absolute atomic E-state index is 12.6. The molecule has 140 valence electrons. The van der Waals surface area contributed by atoms with E-state index in [9.17, 15) is 14.4 Å². The molecule has 0 saturated carbocycles. The maximum Gasteiger partial charge on any atom is 0.358 e. The topological polar surface area (TPSA) is 108 Å². The fourth-order valence-electron chi connectivity index (χ4n) is 2.41. The van der Waals surface area contributed by atoms with Gasteiger partial charge in [0.05, 0.1) is 12.0 Å². The van der Waals surface area contributed by atoms with Crippen LogP contribution in [0.4, 0.5) is 0 Å². The van der Waals surface area contributed by atoms with Gasteiger partial charge in [0.25, 0.3) is 0 Å². The number of rotatable bonds is 5. The van der Waals surface area contributed by atoms with Crippen LogP contribution in [0.3, 0.4) is 0 Å². The first-order valence-corrected chi connectivity index (χ1v) is 8.96. The first-order chi connectivity index (χ1) is 11.6. The highest BCUT2D eigenvalue weighted by atomic mass is 32.2. The van der Waals surface area contributed by atoms with E-state index in [4.69, 9.17) is 19.9 Å². The Balaban J connectivity index is 2.14. The number of nitrogens with zero attached hydrogens (tertiary/aromatic N) is 1. The third-order valence-electron chi connectivity index (χ3n) is 3.76. The lowest BCUT2D eigenvalue weighted by molar-refractivity contribution is -0.190. The molecule has 0 radical (unpaired) electrons. The van der Waals surface area contributed by atoms with Crippen molar-refractivity contribution in [1.29, 1.82) is 0 Å². The monoisotopic (exact) mass is 372 g/mol. The van der Waals surface area contributed by atoms with Crippen LogP contribution >= 0.6 is 11.8 Å². The molecule has 2 heterocycles. The summed E-state index contributed by atoms with van der Waals surface area (Å²) in [5, 5.41) is -0.289. The first-order valence-electron chi connectivity index (χ1n) is 7.91. The average Bonchev–Trinajstić information content (AvgIpc) is 2.52. The van der Waals surface area contributed by atoms with Gasteiger partial charge in [-0.15, -0.1) is 11.8 Å². The van der Waals surface area contributed by atoms with E-state index in [-0.39, 0.29) is 23.6 Å². The average molecular weight is 372 g/mol. The standard InChI is InChI=1S/C16H24N2O6S/c1-8(24-15(21)16(2,3)4)23-14(20)11-9(6-22-5)7-25-13-10(17)12(19)18(11)13/h8,10,13H,6-7,17H2,1-5H3/t8?,10?,13-/m0/s1. The molecule has 0 aromatic rings. The van der Waals surface area contributed by atoms with Crippen LogP contribution in [0.1, 0.15) is 27.7 Å². The van der Waals surface area contributed by atoms with Crippen molar-refractivity contribution in [3.8, 4) is 0 Å². The Hall–Kier alpha value is -1.58. The molecule has 9 heteroatoms. The summed E-state index contributed by atoms with van der Waals surface area (Å²) >= 11 is 1.48. The van der Waals surface area contributed by atoms with Crippen LogP contribution in [0.25, 0.3) is 0 Å². The lowest BCUT2D eigenvalue weighted by Crippen LogP contribution is -2.68. The Morgan fingerprint density at radius 3 is 2.56 bits per heavy atom. The van der Waals surface area contributed by atoms with Crippen LogP contribution in [0, 0.1) is 5.41 Å². The van der Waals surface area contributed by atoms with Gasteiger partial charge in [0.2, 0.25) is 12.2 Å². The number of amides is 1. The molecule has 0 aromatic carbocycles. The predicted molar refractivity (Wildman–Crippen MR) is 91.1 cm³/mol. The van der Waals surface area contributed by atoms with E-state index in [2.05, 4.69) is 0 Å². The highest BCUT2D eigenvalue weighted by molar-refractivity contribution is 8.00. The number of hydrogen-bond acceptors (Lipinski definition) is 8. The van der Waals surface area contributed by atoms with Crippen LogP contribution in [0.15, 0.2) is 11.3 Å². The smallest absolute Gasteiger partial charge is 0.358 e. The second-order valence-corrected chi connectivity index (χ2v) is 8.05. The summed E-state index contributed by atoms with van der Waals surface area (Å²) in [7, 11) is 1.50. The largest absolute Gasteiger partial charge is 0.425 e. The number of esters is 2. The van der Waals surface area contributed by atoms with Gasteiger partial charge in [0, 0.05) is 19.8 Å². The zero-order valence-corrected chi connectivity index (χ0v) is 15.8. The van der Waals surface area contributed by atoms with Gasteiger partial charge in [-0.3, -0.25) is 14.5 Å². The molecule has 3 atom stereocenters. The Morgan fingerprint density at radius 2 is 2.00 bits per heavy atom. The Kier molecular flexibility index (Phi) is 5.80. The van der Waals surface area contributed by atoms with Gasteiger partial charge in [-0.1, -0.05) is 0 Å². The molecule has 0 bridgehead atoms. The van der Waals surface area contributed by atoms with Gasteiger partial charge in [-0.05, 0) is 26.3 Å². The van der Waals surface area contributed by atoms with E-state index in [1.165, 1.54) is 30.7 Å². The number of methoxy groups -OCH3 is 1. The zero-order valence-electron chi connectivity index (χ0n) is 15.0. The first kappa shape index (κ1) is 19.7. The Labute approximate surface area is 151 Å². The molecule has 1 saturated heterocycles. The number of fused-ring (bicyclic) bond motifs is 1. The highest BCUT2D eigenvalue weighted by Gasteiger charge is 2.52. The molecule has 2 aliphatic rings. The van der Waals surface area contributed by atoms with E-state index in [1.54, 1.807) is 20.8 Å². The summed E-state index contributed by atoms with van der Waals surface area (Å²) in [6.07, 6.45) is -1.08. The second kappa shape index (κ2) is 7.35. The van der Waals surface area contributed by atoms with Crippen LogP contribution in [-0.4, -0.2) is 59.9 Å². The maximum atomic E-state index is 12.6. The van der Waals surface area contributed by atoms with Crippen molar-refractivity contribution < 1.29 is 28.6 Å². The van der Waals surface area contributed by atoms with E-state index < -0.39 is 29.7 Å². The summed E-state index contributed by atoms with van der Waals surface area (Å²) in [5.74, 6) is -1.04. The van der Waals surface area contributed by atoms with Gasteiger partial charge in [-0.25, -0.2) is 4.79 Å². The minimum absolute atomic E-state index is 0.135. The van der Waals surface area contributed by atoms with Gasteiger partial charge < -0.3 is 19.9 Å². The number of carbonyl (C=O) groups is 3. The normalized spacial score (nSPS) is 24.4. The van der Waals surface area contributed by atoms with Crippen LogP contribution < -0.4 is 5.73 Å². The molecule has 0 aliphatic carbocycles. The molecule has 0 spiro atoms. The number of thioether (sulfide) groups is 1. The molecule has 8 nitrogen and oxygen atoms in total. The van der Waals surface area contributed by atoms with Gasteiger partial charge in [0.1, 0.15) is 17.1 Å². The van der Waals surface area contributed by atoms with E-state index in [0.717, 1.165) is 0 Å². The summed E-state index contributed by atoms with van der Waals surface area (Å²) < 4.78 is 15.5. The minimum Gasteiger partial charge on any atom is -0.425 e. The Morgan fingerprint density at radius 1 is 1.36 bits per heavy atom. The number of nitrogens with two attached hydrogens (primary N) is 1. The van der Waals surface area contributed by atoms with E-state index in [1.807, 2.05) is 0 Å². The van der Waals surface area contributed by atoms with Crippen LogP contribution in [0.5, 0.6) is 0 Å². The van der Waals surface area contributed by atoms with Gasteiger partial charge in [-0.2, -0.15) is 0 Å². The summed E-state index contributed by atoms with van der Waals surface area (Å²) in [6, 6.07) is -0.631. The second-order valence-electron chi connectivity index (χ2n) is 6.95. The number of β-lactam (4-membered cyclic amide) rings is 1. The summed E-state index contributed by atoms with van der Waals surface area (Å²) in [5.41, 5.74) is 5.85. The van der Waals surface area contributed by atoms with Crippen molar-refractivity contribution in [3.05, 3.63) is 11.3 Å². The fraction of sp³-hybridized carbons (Fsp3) is 0.688. The molecule has 2 aliphatic heterocycles. The third-order valence-corrected chi connectivity index (χ3v) is 5.12.